The summed E-state index contributed by atoms with van der Waals surface area (Å²) in [5.41, 5.74) is 7.85. The monoisotopic (exact) mass is 264 g/mol. The molecule has 0 spiro atoms. The zero-order valence-electron chi connectivity index (χ0n) is 8.60. The number of carbonyl (C=O) groups is 1. The summed E-state index contributed by atoms with van der Waals surface area (Å²) in [5.74, 6) is -1.11. The molecule has 18 heavy (non-hydrogen) atoms. The third-order valence-electron chi connectivity index (χ3n) is 2.17. The van der Waals surface area contributed by atoms with E-state index in [2.05, 4.69) is 10.0 Å². The third-order valence-corrected chi connectivity index (χ3v) is 3.26. The van der Waals surface area contributed by atoms with Crippen molar-refractivity contribution in [2.45, 2.75) is 0 Å². The van der Waals surface area contributed by atoms with Gasteiger partial charge < -0.3 is 5.11 Å². The maximum absolute atomic E-state index is 10.8. The van der Waals surface area contributed by atoms with Gasteiger partial charge in [0.25, 0.3) is 5.69 Å². The van der Waals surface area contributed by atoms with Gasteiger partial charge in [-0.2, -0.15) is 0 Å². The number of aromatic carboxylic acids is 1. The number of carboxylic acids is 1. The third kappa shape index (κ3) is 1.95. The smallest absolute Gasteiger partial charge is 0.345 e. The number of nitro groups is 1. The first kappa shape index (κ1) is 11.8. The van der Waals surface area contributed by atoms with Gasteiger partial charge in [0.2, 0.25) is 0 Å². The Morgan fingerprint density at radius 2 is 2.22 bits per heavy atom. The van der Waals surface area contributed by atoms with Crippen LogP contribution in [0.2, 0.25) is 0 Å². The Morgan fingerprint density at radius 3 is 2.78 bits per heavy atom. The van der Waals surface area contributed by atoms with E-state index in [1.807, 2.05) is 0 Å². The molecule has 0 radical (unpaired) electrons. The fraction of sp³-hybridized carbons (Fsp3) is 0. The molecule has 1 aromatic heterocycles. The van der Waals surface area contributed by atoms with Crippen molar-refractivity contribution in [3.8, 4) is 0 Å². The van der Waals surface area contributed by atoms with Gasteiger partial charge >= 0.3 is 5.97 Å². The maximum atomic E-state index is 10.8. The van der Waals surface area contributed by atoms with Crippen molar-refractivity contribution in [3.05, 3.63) is 43.6 Å². The van der Waals surface area contributed by atoms with Crippen molar-refractivity contribution in [1.82, 2.24) is 0 Å². The molecule has 1 aromatic carbocycles. The highest BCUT2D eigenvalue weighted by Gasteiger charge is 2.17. The van der Waals surface area contributed by atoms with Crippen molar-refractivity contribution in [1.29, 1.82) is 0 Å². The number of fused-ring (bicyclic) bond motifs is 1. The zero-order chi connectivity index (χ0) is 13.3. The van der Waals surface area contributed by atoms with E-state index >= 15 is 0 Å². The van der Waals surface area contributed by atoms with E-state index < -0.39 is 10.9 Å². The van der Waals surface area contributed by atoms with E-state index in [9.17, 15) is 14.9 Å². The van der Waals surface area contributed by atoms with Crippen LogP contribution in [0.15, 0.2) is 23.3 Å². The molecule has 0 atom stereocenters. The van der Waals surface area contributed by atoms with Gasteiger partial charge in [-0.25, -0.2) is 4.79 Å². The Morgan fingerprint density at radius 1 is 1.50 bits per heavy atom. The van der Waals surface area contributed by atoms with Crippen molar-refractivity contribution >= 4 is 38.8 Å². The highest BCUT2D eigenvalue weighted by molar-refractivity contribution is 7.20. The Kier molecular flexibility index (Phi) is 2.84. The number of rotatable bonds is 3. The Hall–Kier alpha value is -2.64. The van der Waals surface area contributed by atoms with Gasteiger partial charge in [-0.1, -0.05) is 5.11 Å². The van der Waals surface area contributed by atoms with Gasteiger partial charge in [-0.15, -0.1) is 11.3 Å². The van der Waals surface area contributed by atoms with Crippen molar-refractivity contribution in [3.63, 3.8) is 0 Å². The molecule has 1 N–H and O–H groups in total. The van der Waals surface area contributed by atoms with Crippen LogP contribution < -0.4 is 0 Å². The van der Waals surface area contributed by atoms with Crippen LogP contribution in [0.4, 0.5) is 11.4 Å². The lowest BCUT2D eigenvalue weighted by Crippen LogP contribution is -1.89. The molecule has 1 heterocycles. The molecule has 0 unspecified atom stereocenters. The Bertz CT molecular complexity index is 678. The predicted molar refractivity (Wildman–Crippen MR) is 64.2 cm³/mol. The molecule has 0 aliphatic carbocycles. The summed E-state index contributed by atoms with van der Waals surface area (Å²) in [6.45, 7) is 0. The molecule has 9 heteroatoms. The summed E-state index contributed by atoms with van der Waals surface area (Å²) in [6.07, 6.45) is 0. The van der Waals surface area contributed by atoms with E-state index in [-0.39, 0.29) is 16.3 Å². The average molecular weight is 264 g/mol. The van der Waals surface area contributed by atoms with Gasteiger partial charge in [0.1, 0.15) is 10.6 Å². The number of azide groups is 1. The van der Waals surface area contributed by atoms with Crippen LogP contribution in [-0.4, -0.2) is 16.0 Å². The minimum absolute atomic E-state index is 0.0670. The van der Waals surface area contributed by atoms with Crippen LogP contribution in [-0.2, 0) is 0 Å². The van der Waals surface area contributed by atoms with E-state index in [0.717, 1.165) is 11.3 Å². The number of hydrogen-bond acceptors (Lipinski definition) is 5. The molecule has 8 nitrogen and oxygen atoms in total. The summed E-state index contributed by atoms with van der Waals surface area (Å²) in [4.78, 5) is 23.5. The second kappa shape index (κ2) is 4.32. The number of nitrogens with zero attached hydrogens (tertiary/aromatic N) is 4. The first-order valence-electron chi connectivity index (χ1n) is 4.53. The number of nitro benzene ring substituents is 1. The molecular weight excluding hydrogens is 260 g/mol. The first-order chi connectivity index (χ1) is 8.52. The maximum Gasteiger partial charge on any atom is 0.345 e. The Labute approximate surface area is 103 Å². The van der Waals surface area contributed by atoms with Gasteiger partial charge in [-0.3, -0.25) is 10.1 Å². The molecule has 0 amide bonds. The standard InChI is InChI=1S/C9H4N4O4S/c10-12-11-5-1-4-2-8(9(14)15)18-7(4)3-6(5)13(16)17/h1-3H,(H,14,15). The fourth-order valence-corrected chi connectivity index (χ4v) is 2.36. The molecular formula is C9H4N4O4S. The number of hydrogen-bond donors (Lipinski definition) is 1. The average Bonchev–Trinajstić information content (AvgIpc) is 2.71. The minimum atomic E-state index is -1.11. The van der Waals surface area contributed by atoms with Crippen LogP contribution >= 0.6 is 11.3 Å². The van der Waals surface area contributed by atoms with Crippen LogP contribution in [0.1, 0.15) is 9.67 Å². The highest BCUT2D eigenvalue weighted by Crippen LogP contribution is 2.36. The quantitative estimate of drug-likeness (QED) is 0.299. The number of benzene rings is 1. The summed E-state index contributed by atoms with van der Waals surface area (Å²) < 4.78 is 0.455. The van der Waals surface area contributed by atoms with Crippen LogP contribution in [0.25, 0.3) is 20.5 Å². The molecule has 0 aliphatic rings. The highest BCUT2D eigenvalue weighted by atomic mass is 32.1. The zero-order valence-corrected chi connectivity index (χ0v) is 9.42. The lowest BCUT2D eigenvalue weighted by Gasteiger charge is -1.96. The van der Waals surface area contributed by atoms with Gasteiger partial charge in [-0.05, 0) is 23.1 Å². The topological polar surface area (TPSA) is 129 Å². The number of carboxylic acid groups (broad SMARTS) is 1. The number of thiophene rings is 1. The minimum Gasteiger partial charge on any atom is -0.477 e. The van der Waals surface area contributed by atoms with Crippen molar-refractivity contribution in [2.75, 3.05) is 0 Å². The molecule has 0 fully saturated rings. The molecule has 0 saturated carbocycles. The van der Waals surface area contributed by atoms with Crippen LogP contribution in [0.3, 0.4) is 0 Å². The Balaban J connectivity index is 2.76. The van der Waals surface area contributed by atoms with Crippen LogP contribution in [0, 0.1) is 10.1 Å². The molecule has 0 aliphatic heterocycles. The largest absolute Gasteiger partial charge is 0.477 e. The summed E-state index contributed by atoms with van der Waals surface area (Å²) in [5, 5.41) is 23.3. The lowest BCUT2D eigenvalue weighted by atomic mass is 10.2. The van der Waals surface area contributed by atoms with Gasteiger partial charge in [0, 0.05) is 15.7 Å². The van der Waals surface area contributed by atoms with Crippen molar-refractivity contribution < 1.29 is 14.8 Å². The summed E-state index contributed by atoms with van der Waals surface area (Å²) in [6, 6.07) is 3.88. The van der Waals surface area contributed by atoms with Gasteiger partial charge in [0.05, 0.1) is 4.92 Å². The summed E-state index contributed by atoms with van der Waals surface area (Å²) >= 11 is 0.925. The second-order valence-corrected chi connectivity index (χ2v) is 4.32. The fourth-order valence-electron chi connectivity index (χ4n) is 1.44. The van der Waals surface area contributed by atoms with Gasteiger partial charge in [0.15, 0.2) is 0 Å². The van der Waals surface area contributed by atoms with Crippen LogP contribution in [0.5, 0.6) is 0 Å². The van der Waals surface area contributed by atoms with E-state index in [4.69, 9.17) is 10.6 Å². The van der Waals surface area contributed by atoms with E-state index in [1.54, 1.807) is 0 Å². The van der Waals surface area contributed by atoms with E-state index in [0.29, 0.717) is 10.1 Å². The normalized spacial score (nSPS) is 10.0. The lowest BCUT2D eigenvalue weighted by molar-refractivity contribution is -0.383. The SMILES string of the molecule is [N-]=[N+]=Nc1cc2cc(C(=O)O)sc2cc1[N+](=O)[O-]. The second-order valence-electron chi connectivity index (χ2n) is 3.24. The predicted octanol–water partition coefficient (Wildman–Crippen LogP) is 3.45. The summed E-state index contributed by atoms with van der Waals surface area (Å²) in [7, 11) is 0. The molecule has 2 rings (SSSR count). The molecule has 2 aromatic rings. The molecule has 90 valence electrons. The van der Waals surface area contributed by atoms with E-state index in [1.165, 1.54) is 18.2 Å². The molecule has 0 bridgehead atoms. The molecule has 0 saturated heterocycles. The van der Waals surface area contributed by atoms with Crippen molar-refractivity contribution in [2.24, 2.45) is 5.11 Å². The first-order valence-corrected chi connectivity index (χ1v) is 5.35.